The lowest BCUT2D eigenvalue weighted by Crippen LogP contribution is -2.38. The minimum absolute atomic E-state index is 0.0278. The molecule has 4 aromatic rings. The molecule has 0 saturated carbocycles. The predicted octanol–water partition coefficient (Wildman–Crippen LogP) is 3.12. The van der Waals surface area contributed by atoms with Crippen molar-refractivity contribution in [3.05, 3.63) is 107 Å². The molecule has 0 fully saturated rings. The van der Waals surface area contributed by atoms with Crippen LogP contribution < -0.4 is 16.1 Å². The normalized spacial score (nSPS) is 11.5. The van der Waals surface area contributed by atoms with E-state index in [9.17, 15) is 22.8 Å². The van der Waals surface area contributed by atoms with Gasteiger partial charge in [-0.1, -0.05) is 35.9 Å². The number of nitrogens with one attached hydrogen (secondary N) is 3. The Morgan fingerprint density at radius 3 is 2.46 bits per heavy atom. The summed E-state index contributed by atoms with van der Waals surface area (Å²) < 4.78 is 38.0. The third-order valence-electron chi connectivity index (χ3n) is 5.39. The van der Waals surface area contributed by atoms with Gasteiger partial charge in [-0.05, 0) is 54.6 Å². The number of furan rings is 2. The van der Waals surface area contributed by atoms with Gasteiger partial charge in [0.15, 0.2) is 0 Å². The van der Waals surface area contributed by atoms with Crippen LogP contribution >= 0.6 is 11.6 Å². The van der Waals surface area contributed by atoms with Gasteiger partial charge in [-0.15, -0.1) is 0 Å². The topological polar surface area (TPSA) is 163 Å². The second-order valence-electron chi connectivity index (χ2n) is 8.41. The van der Waals surface area contributed by atoms with Crippen LogP contribution in [0.5, 0.6) is 0 Å². The number of hydrogen-bond acceptors (Lipinski definition) is 8. The third kappa shape index (κ3) is 8.38. The lowest BCUT2D eigenvalue weighted by molar-refractivity contribution is -0.136. The highest BCUT2D eigenvalue weighted by molar-refractivity contribution is 7.89. The van der Waals surface area contributed by atoms with E-state index >= 15 is 0 Å². The van der Waals surface area contributed by atoms with Gasteiger partial charge in [-0.2, -0.15) is 9.41 Å². The molecular weight excluding hydrogens is 574 g/mol. The lowest BCUT2D eigenvalue weighted by Gasteiger charge is -2.20. The first-order chi connectivity index (χ1) is 19.7. The summed E-state index contributed by atoms with van der Waals surface area (Å²) in [6.45, 7) is -0.769. The van der Waals surface area contributed by atoms with Crippen molar-refractivity contribution in [2.75, 3.05) is 11.9 Å². The molecule has 0 radical (unpaired) electrons. The molecular formula is C27H24ClN5O7S. The van der Waals surface area contributed by atoms with Crippen molar-refractivity contribution in [3.63, 3.8) is 0 Å². The predicted molar refractivity (Wildman–Crippen MR) is 149 cm³/mol. The number of halogens is 1. The zero-order valence-electron chi connectivity index (χ0n) is 21.3. The van der Waals surface area contributed by atoms with E-state index in [1.165, 1.54) is 36.7 Å². The molecule has 41 heavy (non-hydrogen) atoms. The fraction of sp³-hybridized carbons (Fsp3) is 0.111. The highest BCUT2D eigenvalue weighted by atomic mass is 35.5. The number of carbonyl (C=O) groups excluding carboxylic acids is 3. The van der Waals surface area contributed by atoms with Gasteiger partial charge in [-0.3, -0.25) is 14.4 Å². The molecule has 0 aliphatic rings. The molecule has 2 heterocycles. The van der Waals surface area contributed by atoms with Gasteiger partial charge in [0.2, 0.25) is 10.0 Å². The third-order valence-corrected chi connectivity index (χ3v) is 7.43. The lowest BCUT2D eigenvalue weighted by atomic mass is 10.3. The van der Waals surface area contributed by atoms with Crippen LogP contribution in [0.2, 0.25) is 5.02 Å². The standard InChI is InChI=1S/C27H24ClN5O7S/c28-19-6-4-7-20(14-19)31-27(36)26(35)29-15-21-11-12-22(40-21)16-30-32-25(34)18-33(17-23-8-5-13-39-23)41(37,38)24-9-2-1-3-10-24/h1-14,16H,15,17-18H2,(H,29,35)(H,31,36)(H,32,34)/b30-16-. The Balaban J connectivity index is 1.29. The van der Waals surface area contributed by atoms with Crippen LogP contribution in [-0.2, 0) is 37.5 Å². The van der Waals surface area contributed by atoms with Crippen LogP contribution in [0, 0.1) is 0 Å². The highest BCUT2D eigenvalue weighted by Gasteiger charge is 2.27. The van der Waals surface area contributed by atoms with Crippen molar-refractivity contribution >= 4 is 51.2 Å². The average Bonchev–Trinajstić information content (AvgIpc) is 3.64. The SMILES string of the molecule is O=C(CN(Cc1ccco1)S(=O)(=O)c1ccccc1)N/N=C\c1ccc(CNC(=O)C(=O)Nc2cccc(Cl)c2)o1. The second kappa shape index (κ2) is 13.6. The maximum absolute atomic E-state index is 13.1. The minimum Gasteiger partial charge on any atom is -0.468 e. The summed E-state index contributed by atoms with van der Waals surface area (Å²) in [4.78, 5) is 36.7. The van der Waals surface area contributed by atoms with Gasteiger partial charge < -0.3 is 19.5 Å². The molecule has 3 N–H and O–H groups in total. The first-order valence-electron chi connectivity index (χ1n) is 12.0. The van der Waals surface area contributed by atoms with Crippen molar-refractivity contribution in [1.29, 1.82) is 0 Å². The monoisotopic (exact) mass is 597 g/mol. The summed E-state index contributed by atoms with van der Waals surface area (Å²) in [7, 11) is -4.01. The molecule has 0 saturated heterocycles. The molecule has 12 nitrogen and oxygen atoms in total. The van der Waals surface area contributed by atoms with E-state index in [1.807, 2.05) is 0 Å². The fourth-order valence-electron chi connectivity index (χ4n) is 3.47. The Morgan fingerprint density at radius 1 is 0.927 bits per heavy atom. The Kier molecular flexibility index (Phi) is 9.68. The number of rotatable bonds is 11. The molecule has 0 aliphatic carbocycles. The summed E-state index contributed by atoms with van der Waals surface area (Å²) in [5.41, 5.74) is 2.64. The number of anilines is 1. The van der Waals surface area contributed by atoms with Crippen LogP contribution in [0.25, 0.3) is 0 Å². The second-order valence-corrected chi connectivity index (χ2v) is 10.8. The molecule has 0 aliphatic heterocycles. The van der Waals surface area contributed by atoms with Crippen molar-refractivity contribution in [2.45, 2.75) is 18.0 Å². The molecule has 0 bridgehead atoms. The number of sulfonamides is 1. The molecule has 3 amide bonds. The molecule has 212 valence electrons. The van der Waals surface area contributed by atoms with Crippen LogP contribution in [0.15, 0.2) is 104 Å². The Labute approximate surface area is 240 Å². The number of nitrogens with zero attached hydrogens (tertiary/aromatic N) is 2. The Morgan fingerprint density at radius 2 is 1.73 bits per heavy atom. The summed E-state index contributed by atoms with van der Waals surface area (Å²) in [6, 6.07) is 20.4. The molecule has 14 heteroatoms. The van der Waals surface area contributed by atoms with E-state index in [-0.39, 0.29) is 23.7 Å². The highest BCUT2D eigenvalue weighted by Crippen LogP contribution is 2.18. The fourth-order valence-corrected chi connectivity index (χ4v) is 5.04. The zero-order valence-corrected chi connectivity index (χ0v) is 22.9. The van der Waals surface area contributed by atoms with Crippen molar-refractivity contribution in [3.8, 4) is 0 Å². The van der Waals surface area contributed by atoms with Crippen molar-refractivity contribution in [1.82, 2.24) is 15.0 Å². The number of hydrogen-bond donors (Lipinski definition) is 3. The molecule has 2 aromatic carbocycles. The summed E-state index contributed by atoms with van der Waals surface area (Å²) >= 11 is 5.87. The Bertz CT molecular complexity index is 1640. The largest absolute Gasteiger partial charge is 0.468 e. The van der Waals surface area contributed by atoms with Gasteiger partial charge in [0.05, 0.1) is 37.0 Å². The van der Waals surface area contributed by atoms with Crippen LogP contribution in [0.4, 0.5) is 5.69 Å². The van der Waals surface area contributed by atoms with Crippen molar-refractivity contribution in [2.24, 2.45) is 5.10 Å². The smallest absolute Gasteiger partial charge is 0.313 e. The van der Waals surface area contributed by atoms with Gasteiger partial charge in [-0.25, -0.2) is 13.8 Å². The maximum Gasteiger partial charge on any atom is 0.313 e. The molecule has 0 unspecified atom stereocenters. The van der Waals surface area contributed by atoms with Crippen molar-refractivity contribution < 1.29 is 31.6 Å². The van der Waals surface area contributed by atoms with E-state index in [0.717, 1.165) is 4.31 Å². The molecule has 4 rings (SSSR count). The summed E-state index contributed by atoms with van der Waals surface area (Å²) in [5.74, 6) is -1.54. The average molecular weight is 598 g/mol. The first-order valence-corrected chi connectivity index (χ1v) is 13.9. The zero-order chi connectivity index (χ0) is 29.2. The van der Waals surface area contributed by atoms with Crippen LogP contribution in [-0.4, -0.2) is 43.2 Å². The summed E-state index contributed by atoms with van der Waals surface area (Å²) in [6.07, 6.45) is 2.61. The number of benzene rings is 2. The number of hydrazone groups is 1. The van der Waals surface area contributed by atoms with E-state index < -0.39 is 34.3 Å². The van der Waals surface area contributed by atoms with E-state index in [2.05, 4.69) is 21.2 Å². The van der Waals surface area contributed by atoms with Gasteiger partial charge in [0.1, 0.15) is 17.3 Å². The first kappa shape index (κ1) is 29.3. The molecule has 2 aromatic heterocycles. The van der Waals surface area contributed by atoms with Gasteiger partial charge in [0, 0.05) is 10.7 Å². The van der Waals surface area contributed by atoms with Gasteiger partial charge in [0.25, 0.3) is 5.91 Å². The quantitative estimate of drug-likeness (QED) is 0.136. The molecule has 0 atom stereocenters. The van der Waals surface area contributed by atoms with Crippen LogP contribution in [0.3, 0.4) is 0 Å². The molecule has 0 spiro atoms. The van der Waals surface area contributed by atoms with E-state index in [1.54, 1.807) is 54.6 Å². The van der Waals surface area contributed by atoms with E-state index in [4.69, 9.17) is 20.4 Å². The van der Waals surface area contributed by atoms with E-state index in [0.29, 0.717) is 22.2 Å². The Hall–Kier alpha value is -4.72. The van der Waals surface area contributed by atoms with Crippen LogP contribution in [0.1, 0.15) is 17.3 Å². The number of carbonyl (C=O) groups is 3. The maximum atomic E-state index is 13.1. The number of amides is 3. The minimum atomic E-state index is -4.01. The summed E-state index contributed by atoms with van der Waals surface area (Å²) in [5, 5.41) is 9.08. The van der Waals surface area contributed by atoms with Gasteiger partial charge >= 0.3 is 11.8 Å².